The van der Waals surface area contributed by atoms with Crippen molar-refractivity contribution in [2.45, 2.75) is 19.9 Å². The van der Waals surface area contributed by atoms with Gasteiger partial charge in [0.15, 0.2) is 4.77 Å². The Hall–Kier alpha value is -1.79. The number of benzene rings is 1. The van der Waals surface area contributed by atoms with Crippen LogP contribution in [0.15, 0.2) is 30.8 Å². The third-order valence-electron chi connectivity index (χ3n) is 3.04. The lowest BCUT2D eigenvalue weighted by atomic mass is 10.1. The van der Waals surface area contributed by atoms with E-state index in [1.807, 2.05) is 6.08 Å². The van der Waals surface area contributed by atoms with Crippen LogP contribution in [0.25, 0.3) is 6.08 Å². The lowest BCUT2D eigenvalue weighted by Gasteiger charge is -2.22. The van der Waals surface area contributed by atoms with E-state index < -0.39 is 0 Å². The van der Waals surface area contributed by atoms with Gasteiger partial charge in [-0.3, -0.25) is 0 Å². The quantitative estimate of drug-likeness (QED) is 0.781. The molecule has 0 aliphatic rings. The Bertz CT molecular complexity index is 687. The van der Waals surface area contributed by atoms with E-state index in [1.54, 1.807) is 0 Å². The molecule has 0 saturated heterocycles. The highest BCUT2D eigenvalue weighted by Gasteiger charge is 2.09. The minimum atomic E-state index is 0.400. The van der Waals surface area contributed by atoms with Crippen LogP contribution in [0.1, 0.15) is 24.5 Å². The number of hydrogen-bond donors (Lipinski definition) is 2. The Morgan fingerprint density at radius 2 is 1.95 bits per heavy atom. The molecule has 4 nitrogen and oxygen atoms in total. The Balaban J connectivity index is 2.27. The fourth-order valence-corrected chi connectivity index (χ4v) is 2.48. The van der Waals surface area contributed by atoms with Crippen LogP contribution in [0.3, 0.4) is 0 Å². The standard InChI is InChI=1S/C15H18N4S2/c1-3-9-19(13-16-14(20)18-15(21)17-13)10-12-7-5-11(4-2)6-8-12/h4-8H,2-3,9-10H2,1H3,(H2,16,17,18,20,21). The van der Waals surface area contributed by atoms with E-state index in [4.69, 9.17) is 24.4 Å². The molecular formula is C15H18N4S2. The molecule has 1 aromatic carbocycles. The third kappa shape index (κ3) is 4.34. The molecule has 0 fully saturated rings. The second-order valence-corrected chi connectivity index (χ2v) is 5.48. The molecule has 0 unspecified atom stereocenters. The van der Waals surface area contributed by atoms with Crippen LogP contribution >= 0.6 is 24.4 Å². The highest BCUT2D eigenvalue weighted by atomic mass is 32.1. The van der Waals surface area contributed by atoms with E-state index >= 15 is 0 Å². The van der Waals surface area contributed by atoms with E-state index in [0.29, 0.717) is 15.5 Å². The van der Waals surface area contributed by atoms with Gasteiger partial charge >= 0.3 is 0 Å². The van der Waals surface area contributed by atoms with Crippen LogP contribution < -0.4 is 4.90 Å². The van der Waals surface area contributed by atoms with Crippen molar-refractivity contribution in [3.05, 3.63) is 51.5 Å². The summed E-state index contributed by atoms with van der Waals surface area (Å²) in [5.74, 6) is 0.707. The molecule has 110 valence electrons. The number of hydrogen-bond acceptors (Lipinski definition) is 4. The van der Waals surface area contributed by atoms with Gasteiger partial charge in [-0.25, -0.2) is 0 Å². The van der Waals surface area contributed by atoms with E-state index in [2.05, 4.69) is 57.6 Å². The first-order valence-electron chi connectivity index (χ1n) is 6.79. The zero-order chi connectivity index (χ0) is 15.2. The van der Waals surface area contributed by atoms with Gasteiger partial charge in [0.25, 0.3) is 0 Å². The Morgan fingerprint density at radius 1 is 1.24 bits per heavy atom. The van der Waals surface area contributed by atoms with Gasteiger partial charge in [0, 0.05) is 13.1 Å². The predicted octanol–water partition coefficient (Wildman–Crippen LogP) is 4.26. The zero-order valence-corrected chi connectivity index (χ0v) is 13.6. The first-order chi connectivity index (χ1) is 10.1. The van der Waals surface area contributed by atoms with Crippen molar-refractivity contribution >= 4 is 36.5 Å². The minimum Gasteiger partial charge on any atom is -0.338 e. The molecule has 0 saturated carbocycles. The maximum absolute atomic E-state index is 5.13. The van der Waals surface area contributed by atoms with E-state index in [1.165, 1.54) is 5.56 Å². The molecule has 0 aliphatic heterocycles. The summed E-state index contributed by atoms with van der Waals surface area (Å²) in [6, 6.07) is 8.30. The first-order valence-corrected chi connectivity index (χ1v) is 7.61. The smallest absolute Gasteiger partial charge is 0.207 e. The van der Waals surface area contributed by atoms with Gasteiger partial charge in [-0.15, -0.1) is 0 Å². The van der Waals surface area contributed by atoms with Gasteiger partial charge in [0.1, 0.15) is 0 Å². The van der Waals surface area contributed by atoms with E-state index in [0.717, 1.165) is 25.1 Å². The lowest BCUT2D eigenvalue weighted by molar-refractivity contribution is 0.731. The van der Waals surface area contributed by atoms with Crippen molar-refractivity contribution in [1.82, 2.24) is 15.0 Å². The second kappa shape index (κ2) is 7.28. The molecule has 1 aromatic heterocycles. The average molecular weight is 318 g/mol. The fourth-order valence-electron chi connectivity index (χ4n) is 2.04. The molecule has 0 radical (unpaired) electrons. The van der Waals surface area contributed by atoms with Crippen LogP contribution in [-0.2, 0) is 6.54 Å². The normalized spacial score (nSPS) is 10.3. The number of nitrogens with zero attached hydrogens (tertiary/aromatic N) is 2. The largest absolute Gasteiger partial charge is 0.338 e. The SMILES string of the molecule is C=Cc1ccc(CN(CCC)c2nc(=S)[nH]c(=S)[nH]2)cc1. The number of rotatable bonds is 6. The summed E-state index contributed by atoms with van der Waals surface area (Å²) in [5.41, 5.74) is 2.31. The summed E-state index contributed by atoms with van der Waals surface area (Å²) in [6.45, 7) is 7.52. The van der Waals surface area contributed by atoms with Crippen LogP contribution in [0.2, 0.25) is 0 Å². The van der Waals surface area contributed by atoms with Crippen molar-refractivity contribution in [1.29, 1.82) is 0 Å². The Labute approximate surface area is 134 Å². The van der Waals surface area contributed by atoms with Gasteiger partial charge in [-0.1, -0.05) is 43.8 Å². The van der Waals surface area contributed by atoms with Crippen molar-refractivity contribution in [2.75, 3.05) is 11.4 Å². The molecule has 0 aliphatic carbocycles. The average Bonchev–Trinajstić information content (AvgIpc) is 2.46. The summed E-state index contributed by atoms with van der Waals surface area (Å²) in [5, 5.41) is 0. The Morgan fingerprint density at radius 3 is 2.52 bits per heavy atom. The molecule has 21 heavy (non-hydrogen) atoms. The van der Waals surface area contributed by atoms with Crippen molar-refractivity contribution in [3.8, 4) is 0 Å². The van der Waals surface area contributed by atoms with Crippen molar-refractivity contribution in [2.24, 2.45) is 0 Å². The zero-order valence-electron chi connectivity index (χ0n) is 11.9. The predicted molar refractivity (Wildman–Crippen MR) is 92.5 cm³/mol. The monoisotopic (exact) mass is 318 g/mol. The summed E-state index contributed by atoms with van der Waals surface area (Å²) < 4.78 is 0.893. The number of aromatic nitrogens is 3. The molecule has 1 heterocycles. The van der Waals surface area contributed by atoms with Crippen LogP contribution in [0, 0.1) is 9.54 Å². The molecular weight excluding hydrogens is 300 g/mol. The van der Waals surface area contributed by atoms with E-state index in [-0.39, 0.29) is 0 Å². The van der Waals surface area contributed by atoms with Crippen molar-refractivity contribution in [3.63, 3.8) is 0 Å². The number of aromatic amines is 2. The summed E-state index contributed by atoms with van der Waals surface area (Å²) in [7, 11) is 0. The Kier molecular flexibility index (Phi) is 5.41. The number of anilines is 1. The van der Waals surface area contributed by atoms with Crippen LogP contribution in [0.4, 0.5) is 5.95 Å². The molecule has 2 aromatic rings. The highest BCUT2D eigenvalue weighted by molar-refractivity contribution is 7.71. The minimum absolute atomic E-state index is 0.400. The fraction of sp³-hybridized carbons (Fsp3) is 0.267. The lowest BCUT2D eigenvalue weighted by Crippen LogP contribution is -2.25. The topological polar surface area (TPSA) is 47.7 Å². The summed E-state index contributed by atoms with van der Waals surface area (Å²) >= 11 is 10.2. The number of nitrogens with one attached hydrogen (secondary N) is 2. The van der Waals surface area contributed by atoms with Crippen LogP contribution in [0.5, 0.6) is 0 Å². The molecule has 6 heteroatoms. The third-order valence-corrected chi connectivity index (χ3v) is 3.43. The van der Waals surface area contributed by atoms with Gasteiger partial charge in [0.2, 0.25) is 10.7 Å². The molecule has 0 amide bonds. The van der Waals surface area contributed by atoms with Gasteiger partial charge in [-0.2, -0.15) is 4.98 Å². The molecule has 0 bridgehead atoms. The molecule has 0 atom stereocenters. The van der Waals surface area contributed by atoms with Gasteiger partial charge in [0.05, 0.1) is 0 Å². The van der Waals surface area contributed by atoms with Gasteiger partial charge < -0.3 is 14.9 Å². The second-order valence-electron chi connectivity index (χ2n) is 4.69. The molecule has 0 spiro atoms. The molecule has 2 N–H and O–H groups in total. The van der Waals surface area contributed by atoms with Gasteiger partial charge in [-0.05, 0) is 42.0 Å². The van der Waals surface area contributed by atoms with Crippen LogP contribution in [-0.4, -0.2) is 21.5 Å². The number of H-pyrrole nitrogens is 2. The maximum Gasteiger partial charge on any atom is 0.207 e. The summed E-state index contributed by atoms with van der Waals surface area (Å²) in [4.78, 5) is 12.3. The molecule has 2 rings (SSSR count). The summed E-state index contributed by atoms with van der Waals surface area (Å²) in [6.07, 6.45) is 2.85. The highest BCUT2D eigenvalue weighted by Crippen LogP contribution is 2.13. The van der Waals surface area contributed by atoms with Crippen molar-refractivity contribution < 1.29 is 0 Å². The first kappa shape index (κ1) is 15.6. The van der Waals surface area contributed by atoms with E-state index in [9.17, 15) is 0 Å². The maximum atomic E-state index is 5.13.